The summed E-state index contributed by atoms with van der Waals surface area (Å²) in [5.74, 6) is 0.583. The van der Waals surface area contributed by atoms with Crippen LogP contribution in [-0.2, 0) is 9.59 Å². The van der Waals surface area contributed by atoms with E-state index in [2.05, 4.69) is 10.6 Å². The Hall–Kier alpha value is -4.48. The van der Waals surface area contributed by atoms with Crippen molar-refractivity contribution in [1.29, 1.82) is 5.26 Å². The minimum Gasteiger partial charge on any atom is -0.497 e. The maximum absolute atomic E-state index is 12.6. The van der Waals surface area contributed by atoms with Gasteiger partial charge in [-0.3, -0.25) is 9.59 Å². The first-order chi connectivity index (χ1) is 16.9. The Morgan fingerprint density at radius 3 is 2.03 bits per heavy atom. The summed E-state index contributed by atoms with van der Waals surface area (Å²) in [5.41, 5.74) is 1.28. The van der Waals surface area contributed by atoms with E-state index < -0.39 is 11.8 Å². The van der Waals surface area contributed by atoms with Crippen LogP contribution in [0.3, 0.4) is 0 Å². The van der Waals surface area contributed by atoms with Crippen LogP contribution in [0.1, 0.15) is 5.56 Å². The fraction of sp³-hybridized carbons (Fsp3) is 0.115. The molecule has 0 radical (unpaired) electrons. The molecule has 2 N–H and O–H groups in total. The van der Waals surface area contributed by atoms with E-state index in [0.29, 0.717) is 33.5 Å². The summed E-state index contributed by atoms with van der Waals surface area (Å²) >= 11 is 6.11. The maximum atomic E-state index is 12.6. The zero-order valence-electron chi connectivity index (χ0n) is 19.0. The van der Waals surface area contributed by atoms with Crippen LogP contribution in [-0.4, -0.2) is 32.6 Å². The second-order valence-electron chi connectivity index (χ2n) is 7.10. The molecule has 35 heavy (non-hydrogen) atoms. The quantitative estimate of drug-likeness (QED) is 0.325. The lowest BCUT2D eigenvalue weighted by Gasteiger charge is -2.11. The molecular weight excluding hydrogens is 470 g/mol. The SMILES string of the molecule is COc1ccc(NC(=O)COc2ccc(Cl)cc2/C=C(/C#N)C(=O)Nc2ccc(OC)cc2)cc1. The smallest absolute Gasteiger partial charge is 0.266 e. The molecule has 0 atom stereocenters. The fourth-order valence-electron chi connectivity index (χ4n) is 2.96. The number of carbonyl (C=O) groups is 2. The van der Waals surface area contributed by atoms with Gasteiger partial charge in [-0.15, -0.1) is 0 Å². The van der Waals surface area contributed by atoms with Gasteiger partial charge >= 0.3 is 0 Å². The monoisotopic (exact) mass is 491 g/mol. The van der Waals surface area contributed by atoms with Gasteiger partial charge in [0.15, 0.2) is 6.61 Å². The van der Waals surface area contributed by atoms with E-state index in [1.54, 1.807) is 67.8 Å². The molecule has 0 aliphatic carbocycles. The molecule has 0 heterocycles. The molecule has 3 aromatic rings. The number of nitriles is 1. The molecule has 0 spiro atoms. The highest BCUT2D eigenvalue weighted by atomic mass is 35.5. The second-order valence-corrected chi connectivity index (χ2v) is 7.54. The van der Waals surface area contributed by atoms with Crippen molar-refractivity contribution in [2.24, 2.45) is 0 Å². The number of carbonyl (C=O) groups excluding carboxylic acids is 2. The Morgan fingerprint density at radius 1 is 0.914 bits per heavy atom. The van der Waals surface area contributed by atoms with Gasteiger partial charge in [-0.1, -0.05) is 11.6 Å². The first kappa shape index (κ1) is 25.1. The number of ether oxygens (including phenoxy) is 3. The van der Waals surface area contributed by atoms with Crippen molar-refractivity contribution >= 4 is 40.9 Å². The van der Waals surface area contributed by atoms with E-state index in [0.717, 1.165) is 0 Å². The van der Waals surface area contributed by atoms with Crippen molar-refractivity contribution in [2.75, 3.05) is 31.5 Å². The molecule has 0 fully saturated rings. The number of methoxy groups -OCH3 is 2. The Balaban J connectivity index is 1.71. The second kappa shape index (κ2) is 12.1. The highest BCUT2D eigenvalue weighted by molar-refractivity contribution is 6.30. The summed E-state index contributed by atoms with van der Waals surface area (Å²) in [7, 11) is 3.09. The lowest BCUT2D eigenvalue weighted by atomic mass is 10.1. The lowest BCUT2D eigenvalue weighted by Crippen LogP contribution is -2.20. The molecule has 0 aromatic heterocycles. The van der Waals surface area contributed by atoms with E-state index in [1.807, 2.05) is 6.07 Å². The van der Waals surface area contributed by atoms with Crippen molar-refractivity contribution in [3.63, 3.8) is 0 Å². The van der Waals surface area contributed by atoms with Crippen molar-refractivity contribution in [3.8, 4) is 23.3 Å². The molecule has 0 unspecified atom stereocenters. The largest absolute Gasteiger partial charge is 0.497 e. The van der Waals surface area contributed by atoms with Crippen molar-refractivity contribution in [2.45, 2.75) is 0 Å². The number of benzene rings is 3. The van der Waals surface area contributed by atoms with Gasteiger partial charge in [0, 0.05) is 22.0 Å². The van der Waals surface area contributed by atoms with Gasteiger partial charge in [0.05, 0.1) is 14.2 Å². The summed E-state index contributed by atoms with van der Waals surface area (Å²) in [6.07, 6.45) is 1.35. The van der Waals surface area contributed by atoms with E-state index in [9.17, 15) is 14.9 Å². The van der Waals surface area contributed by atoms with Gasteiger partial charge in [0.25, 0.3) is 11.8 Å². The highest BCUT2D eigenvalue weighted by Gasteiger charge is 2.13. The Bertz CT molecular complexity index is 1270. The summed E-state index contributed by atoms with van der Waals surface area (Å²) in [5, 5.41) is 15.3. The third kappa shape index (κ3) is 7.25. The van der Waals surface area contributed by atoms with Gasteiger partial charge in [-0.05, 0) is 72.8 Å². The van der Waals surface area contributed by atoms with E-state index in [4.69, 9.17) is 25.8 Å². The number of amides is 2. The minimum absolute atomic E-state index is 0.171. The molecule has 9 heteroatoms. The first-order valence-electron chi connectivity index (χ1n) is 10.4. The van der Waals surface area contributed by atoms with E-state index in [-0.39, 0.29) is 17.9 Å². The van der Waals surface area contributed by atoms with Crippen LogP contribution in [0.15, 0.2) is 72.3 Å². The standard InChI is InChI=1S/C26H22ClN3O5/c1-33-22-8-4-20(5-9-22)29-25(31)16-35-24-12-3-19(27)14-17(24)13-18(15-28)26(32)30-21-6-10-23(34-2)11-7-21/h3-14H,16H2,1-2H3,(H,29,31)(H,30,32)/b18-13-. The zero-order chi connectivity index (χ0) is 25.2. The summed E-state index contributed by atoms with van der Waals surface area (Å²) in [6.45, 7) is -0.297. The molecule has 0 saturated heterocycles. The first-order valence-corrected chi connectivity index (χ1v) is 10.7. The molecule has 0 saturated carbocycles. The fourth-order valence-corrected chi connectivity index (χ4v) is 3.14. The third-order valence-electron chi connectivity index (χ3n) is 4.72. The summed E-state index contributed by atoms with van der Waals surface area (Å²) in [6, 6.07) is 20.1. The van der Waals surface area contributed by atoms with E-state index in [1.165, 1.54) is 19.3 Å². The van der Waals surface area contributed by atoms with Crippen molar-refractivity contribution < 1.29 is 23.8 Å². The average molecular weight is 492 g/mol. The van der Waals surface area contributed by atoms with Gasteiger partial charge in [0.1, 0.15) is 28.9 Å². The Morgan fingerprint density at radius 2 is 1.49 bits per heavy atom. The van der Waals surface area contributed by atoms with Crippen molar-refractivity contribution in [1.82, 2.24) is 0 Å². The van der Waals surface area contributed by atoms with Gasteiger partial charge in [0.2, 0.25) is 0 Å². The van der Waals surface area contributed by atoms with Crippen LogP contribution in [0, 0.1) is 11.3 Å². The highest BCUT2D eigenvalue weighted by Crippen LogP contribution is 2.26. The van der Waals surface area contributed by atoms with E-state index >= 15 is 0 Å². The topological polar surface area (TPSA) is 110 Å². The average Bonchev–Trinajstić information content (AvgIpc) is 2.87. The Labute approximate surface area is 207 Å². The number of nitrogens with zero attached hydrogens (tertiary/aromatic N) is 1. The van der Waals surface area contributed by atoms with Gasteiger partial charge in [-0.25, -0.2) is 0 Å². The van der Waals surface area contributed by atoms with Crippen molar-refractivity contribution in [3.05, 3.63) is 82.9 Å². The molecule has 0 aliphatic heterocycles. The maximum Gasteiger partial charge on any atom is 0.266 e. The van der Waals surface area contributed by atoms with Crippen LogP contribution in [0.5, 0.6) is 17.2 Å². The molecule has 3 rings (SSSR count). The lowest BCUT2D eigenvalue weighted by molar-refractivity contribution is -0.118. The normalized spacial score (nSPS) is 10.6. The molecule has 178 valence electrons. The number of hydrogen-bond acceptors (Lipinski definition) is 6. The predicted molar refractivity (Wildman–Crippen MR) is 134 cm³/mol. The summed E-state index contributed by atoms with van der Waals surface area (Å²) < 4.78 is 15.8. The predicted octanol–water partition coefficient (Wildman–Crippen LogP) is 4.92. The zero-order valence-corrected chi connectivity index (χ0v) is 19.8. The van der Waals surface area contributed by atoms with Gasteiger partial charge in [-0.2, -0.15) is 5.26 Å². The van der Waals surface area contributed by atoms with Crippen LogP contribution < -0.4 is 24.8 Å². The van der Waals surface area contributed by atoms with Crippen LogP contribution in [0.4, 0.5) is 11.4 Å². The Kier molecular flexibility index (Phi) is 8.70. The molecular formula is C26H22ClN3O5. The van der Waals surface area contributed by atoms with Crippen LogP contribution in [0.25, 0.3) is 6.08 Å². The molecule has 0 bridgehead atoms. The minimum atomic E-state index is -0.610. The molecule has 2 amide bonds. The number of nitrogens with one attached hydrogen (secondary N) is 2. The molecule has 3 aromatic carbocycles. The number of rotatable bonds is 9. The van der Waals surface area contributed by atoms with Crippen LogP contribution >= 0.6 is 11.6 Å². The number of hydrogen-bond donors (Lipinski definition) is 2. The van der Waals surface area contributed by atoms with Crippen LogP contribution in [0.2, 0.25) is 5.02 Å². The molecule has 8 nitrogen and oxygen atoms in total. The molecule has 0 aliphatic rings. The third-order valence-corrected chi connectivity index (χ3v) is 4.95. The number of halogens is 1. The number of anilines is 2. The summed E-state index contributed by atoms with van der Waals surface area (Å²) in [4.78, 5) is 25.0. The van der Waals surface area contributed by atoms with Gasteiger partial charge < -0.3 is 24.8 Å².